The van der Waals surface area contributed by atoms with Crippen molar-refractivity contribution in [2.24, 2.45) is 0 Å². The monoisotopic (exact) mass is 327 g/mol. The third-order valence-electron chi connectivity index (χ3n) is 3.44. The first-order valence-corrected chi connectivity index (χ1v) is 7.34. The van der Waals surface area contributed by atoms with Gasteiger partial charge in [0.1, 0.15) is 0 Å². The summed E-state index contributed by atoms with van der Waals surface area (Å²) in [6.07, 6.45) is -3.81. The van der Waals surface area contributed by atoms with Gasteiger partial charge in [-0.15, -0.1) is 11.6 Å². The topological polar surface area (TPSA) is 3.24 Å². The van der Waals surface area contributed by atoms with Gasteiger partial charge in [0.2, 0.25) is 0 Å². The summed E-state index contributed by atoms with van der Waals surface area (Å²) in [6.45, 7) is 0.690. The minimum absolute atomic E-state index is 0.281. The molecule has 0 aliphatic heterocycles. The van der Waals surface area contributed by atoms with Gasteiger partial charge < -0.3 is 0 Å². The van der Waals surface area contributed by atoms with E-state index in [0.717, 1.165) is 23.3 Å². The Morgan fingerprint density at radius 2 is 1.55 bits per heavy atom. The minimum atomic E-state index is -4.30. The largest absolute Gasteiger partial charge is 0.416 e. The zero-order chi connectivity index (χ0) is 16.2. The standard InChI is InChI=1S/C17H17ClF3N/c1-22(12-14-5-3-2-4-6-14)16(18)11-13-7-9-15(10-8-13)17(19,20)21/h2-10,16H,11-12H2,1H3. The highest BCUT2D eigenvalue weighted by Gasteiger charge is 2.30. The van der Waals surface area contributed by atoms with Crippen LogP contribution in [0.25, 0.3) is 0 Å². The van der Waals surface area contributed by atoms with Crippen LogP contribution in [-0.4, -0.2) is 17.4 Å². The van der Waals surface area contributed by atoms with Crippen LogP contribution in [0.15, 0.2) is 54.6 Å². The van der Waals surface area contributed by atoms with Gasteiger partial charge in [0.15, 0.2) is 0 Å². The van der Waals surface area contributed by atoms with Crippen molar-refractivity contribution in [1.29, 1.82) is 0 Å². The first-order chi connectivity index (χ1) is 10.4. The van der Waals surface area contributed by atoms with Crippen LogP contribution < -0.4 is 0 Å². The summed E-state index contributed by atoms with van der Waals surface area (Å²) in [5.41, 5.74) is 1.01. The van der Waals surface area contributed by atoms with Crippen LogP contribution in [0.4, 0.5) is 13.2 Å². The van der Waals surface area contributed by atoms with Crippen molar-refractivity contribution in [2.45, 2.75) is 24.6 Å². The average molecular weight is 328 g/mol. The molecule has 1 atom stereocenters. The molecule has 0 aliphatic carbocycles. The molecule has 1 unspecified atom stereocenters. The quantitative estimate of drug-likeness (QED) is 0.555. The molecule has 2 rings (SSSR count). The lowest BCUT2D eigenvalue weighted by Gasteiger charge is -2.23. The van der Waals surface area contributed by atoms with E-state index in [1.54, 1.807) is 0 Å². The summed E-state index contributed by atoms with van der Waals surface area (Å²) in [7, 11) is 1.90. The Bertz CT molecular complexity index is 581. The van der Waals surface area contributed by atoms with E-state index in [1.165, 1.54) is 12.1 Å². The smallest absolute Gasteiger partial charge is 0.286 e. The van der Waals surface area contributed by atoms with Gasteiger partial charge in [0.05, 0.1) is 11.1 Å². The van der Waals surface area contributed by atoms with Crippen LogP contribution in [0.1, 0.15) is 16.7 Å². The van der Waals surface area contributed by atoms with Crippen LogP contribution in [-0.2, 0) is 19.1 Å². The second kappa shape index (κ2) is 7.16. The van der Waals surface area contributed by atoms with Gasteiger partial charge in [-0.25, -0.2) is 0 Å². The molecule has 0 spiro atoms. The number of alkyl halides is 4. The average Bonchev–Trinajstić information content (AvgIpc) is 2.48. The summed E-state index contributed by atoms with van der Waals surface area (Å²) in [4.78, 5) is 1.97. The fraction of sp³-hybridized carbons (Fsp3) is 0.294. The van der Waals surface area contributed by atoms with Crippen molar-refractivity contribution in [1.82, 2.24) is 4.90 Å². The lowest BCUT2D eigenvalue weighted by molar-refractivity contribution is -0.137. The van der Waals surface area contributed by atoms with E-state index in [1.807, 2.05) is 42.3 Å². The number of rotatable bonds is 5. The molecule has 0 aromatic heterocycles. The van der Waals surface area contributed by atoms with Crippen molar-refractivity contribution in [3.8, 4) is 0 Å². The lowest BCUT2D eigenvalue weighted by Crippen LogP contribution is -2.28. The molecule has 0 saturated heterocycles. The van der Waals surface area contributed by atoms with Crippen LogP contribution >= 0.6 is 11.6 Å². The number of halogens is 4. The predicted octanol–water partition coefficient (Wildman–Crippen LogP) is 4.94. The number of benzene rings is 2. The van der Waals surface area contributed by atoms with Crippen molar-refractivity contribution in [3.63, 3.8) is 0 Å². The molecule has 0 radical (unpaired) electrons. The molecule has 22 heavy (non-hydrogen) atoms. The SMILES string of the molecule is CN(Cc1ccccc1)C(Cl)Cc1ccc(C(F)(F)F)cc1. The molecule has 0 fully saturated rings. The maximum absolute atomic E-state index is 12.5. The van der Waals surface area contributed by atoms with Gasteiger partial charge in [-0.1, -0.05) is 42.5 Å². The van der Waals surface area contributed by atoms with Crippen LogP contribution in [0.2, 0.25) is 0 Å². The molecule has 1 nitrogen and oxygen atoms in total. The number of nitrogens with zero attached hydrogens (tertiary/aromatic N) is 1. The summed E-state index contributed by atoms with van der Waals surface area (Å²) >= 11 is 6.35. The second-order valence-electron chi connectivity index (χ2n) is 5.23. The maximum Gasteiger partial charge on any atom is 0.416 e. The predicted molar refractivity (Wildman–Crippen MR) is 82.7 cm³/mol. The van der Waals surface area contributed by atoms with E-state index in [-0.39, 0.29) is 5.50 Å². The molecule has 0 bridgehead atoms. The molecule has 0 heterocycles. The molecule has 0 aliphatic rings. The zero-order valence-electron chi connectivity index (χ0n) is 12.1. The highest BCUT2D eigenvalue weighted by molar-refractivity contribution is 6.20. The van der Waals surface area contributed by atoms with Crippen LogP contribution in [0.5, 0.6) is 0 Å². The van der Waals surface area contributed by atoms with Crippen molar-refractivity contribution in [3.05, 3.63) is 71.3 Å². The Morgan fingerprint density at radius 1 is 0.955 bits per heavy atom. The Labute approximate surface area is 133 Å². The molecule has 2 aromatic rings. The van der Waals surface area contributed by atoms with E-state index in [2.05, 4.69) is 0 Å². The Morgan fingerprint density at radius 3 is 2.09 bits per heavy atom. The Hall–Kier alpha value is -1.52. The van der Waals surface area contributed by atoms with E-state index in [9.17, 15) is 13.2 Å². The Kier molecular flexibility index (Phi) is 5.48. The maximum atomic E-state index is 12.5. The minimum Gasteiger partial charge on any atom is -0.286 e. The van der Waals surface area contributed by atoms with Crippen molar-refractivity contribution < 1.29 is 13.2 Å². The van der Waals surface area contributed by atoms with Gasteiger partial charge in [-0.2, -0.15) is 13.2 Å². The van der Waals surface area contributed by atoms with Crippen molar-refractivity contribution >= 4 is 11.6 Å². The van der Waals surface area contributed by atoms with Gasteiger partial charge in [0.25, 0.3) is 0 Å². The van der Waals surface area contributed by atoms with Gasteiger partial charge in [-0.05, 0) is 30.3 Å². The molecule has 2 aromatic carbocycles. The van der Waals surface area contributed by atoms with Crippen LogP contribution in [0, 0.1) is 0 Å². The van der Waals surface area contributed by atoms with E-state index >= 15 is 0 Å². The number of hydrogen-bond acceptors (Lipinski definition) is 1. The molecule has 0 amide bonds. The number of hydrogen-bond donors (Lipinski definition) is 0. The first-order valence-electron chi connectivity index (χ1n) is 6.90. The van der Waals surface area contributed by atoms with E-state index < -0.39 is 11.7 Å². The lowest BCUT2D eigenvalue weighted by atomic mass is 10.1. The molecule has 0 saturated carbocycles. The molecular weight excluding hydrogens is 311 g/mol. The fourth-order valence-electron chi connectivity index (χ4n) is 2.15. The second-order valence-corrected chi connectivity index (χ2v) is 5.74. The molecule has 118 valence electrons. The molecule has 5 heteroatoms. The Balaban J connectivity index is 1.95. The summed E-state index contributed by atoms with van der Waals surface area (Å²) in [5.74, 6) is 0. The van der Waals surface area contributed by atoms with E-state index in [4.69, 9.17) is 11.6 Å². The molecule has 0 N–H and O–H groups in total. The number of likely N-dealkylation sites (N-methyl/N-ethyl adjacent to an activating group) is 1. The van der Waals surface area contributed by atoms with E-state index in [0.29, 0.717) is 13.0 Å². The normalized spacial score (nSPS) is 13.4. The van der Waals surface area contributed by atoms with Gasteiger partial charge >= 0.3 is 6.18 Å². The summed E-state index contributed by atoms with van der Waals surface area (Å²) < 4.78 is 37.6. The zero-order valence-corrected chi connectivity index (χ0v) is 12.9. The highest BCUT2D eigenvalue weighted by atomic mass is 35.5. The third-order valence-corrected chi connectivity index (χ3v) is 3.93. The third kappa shape index (κ3) is 4.75. The van der Waals surface area contributed by atoms with Crippen molar-refractivity contribution in [2.75, 3.05) is 7.05 Å². The highest BCUT2D eigenvalue weighted by Crippen LogP contribution is 2.29. The first kappa shape index (κ1) is 16.8. The van der Waals surface area contributed by atoms with Crippen LogP contribution in [0.3, 0.4) is 0 Å². The summed E-state index contributed by atoms with van der Waals surface area (Å²) in [6, 6.07) is 15.0. The molecular formula is C17H17ClF3N. The fourth-order valence-corrected chi connectivity index (χ4v) is 2.40. The van der Waals surface area contributed by atoms with Gasteiger partial charge in [-0.3, -0.25) is 4.90 Å². The summed E-state index contributed by atoms with van der Waals surface area (Å²) in [5, 5.41) is 0. The van der Waals surface area contributed by atoms with Gasteiger partial charge in [0, 0.05) is 13.0 Å².